The van der Waals surface area contributed by atoms with Crippen LogP contribution in [0.4, 0.5) is 26.3 Å². The third-order valence-electron chi connectivity index (χ3n) is 7.33. The van der Waals surface area contributed by atoms with E-state index in [4.69, 9.17) is 4.74 Å². The van der Waals surface area contributed by atoms with Crippen LogP contribution >= 0.6 is 20.1 Å². The summed E-state index contributed by atoms with van der Waals surface area (Å²) < 4.78 is 135. The van der Waals surface area contributed by atoms with E-state index in [1.54, 1.807) is 0 Å². The van der Waals surface area contributed by atoms with Crippen molar-refractivity contribution in [3.05, 3.63) is 61.7 Å². The monoisotopic (exact) mass is 829 g/mol. The maximum absolute atomic E-state index is 13.6. The van der Waals surface area contributed by atoms with Gasteiger partial charge in [-0.25, -0.2) is 0 Å². The van der Waals surface area contributed by atoms with Crippen LogP contribution in [0.15, 0.2) is 54.6 Å². The fourth-order valence-electron chi connectivity index (χ4n) is 4.78. The van der Waals surface area contributed by atoms with Crippen molar-refractivity contribution in [3.63, 3.8) is 0 Å². The van der Waals surface area contributed by atoms with E-state index in [1.807, 2.05) is 0 Å². The van der Waals surface area contributed by atoms with Gasteiger partial charge in [-0.2, -0.15) is 0 Å². The van der Waals surface area contributed by atoms with Crippen LogP contribution in [-0.4, -0.2) is 36.4 Å². The van der Waals surface area contributed by atoms with Crippen molar-refractivity contribution in [2.24, 2.45) is 0 Å². The molecular weight excluding hydrogens is 783 g/mol. The Labute approximate surface area is 283 Å². The van der Waals surface area contributed by atoms with Crippen LogP contribution < -0.4 is 4.74 Å². The molecule has 0 aliphatic carbocycles. The van der Waals surface area contributed by atoms with Gasteiger partial charge < -0.3 is 0 Å². The number of ether oxygens (including phenoxy) is 1. The second-order valence-electron chi connectivity index (χ2n) is 11.2. The van der Waals surface area contributed by atoms with Crippen molar-refractivity contribution >= 4 is 40.1 Å². The molecule has 6 nitrogen and oxygen atoms in total. The fourth-order valence-corrected chi connectivity index (χ4v) is 17.4. The number of nitrogens with zero attached hydrogens (tertiary/aromatic N) is 1. The summed E-state index contributed by atoms with van der Waals surface area (Å²) in [6.45, 7) is 2.56. The second kappa shape index (κ2) is 20.2. The molecule has 0 saturated carbocycles. The molecule has 15 heteroatoms. The zero-order chi connectivity index (χ0) is 35.0. The summed E-state index contributed by atoms with van der Waals surface area (Å²) in [6.07, 6.45) is 19.4. The molecule has 2 aromatic carbocycles. The van der Waals surface area contributed by atoms with Gasteiger partial charge in [0.2, 0.25) is 0 Å². The van der Waals surface area contributed by atoms with Gasteiger partial charge in [0.1, 0.15) is 0 Å². The molecule has 0 aromatic heterocycles. The molecule has 0 fully saturated rings. The van der Waals surface area contributed by atoms with Gasteiger partial charge >= 0.3 is 214 Å². The van der Waals surface area contributed by atoms with E-state index in [0.717, 1.165) is 49.9 Å². The number of unbranched alkanes of at least 4 members (excludes halogenated alkanes) is 15. The number of hydrogen-bond acceptors (Lipinski definition) is 5. The predicted octanol–water partition coefficient (Wildman–Crippen LogP) is 10.8. The first-order valence-corrected chi connectivity index (χ1v) is 22.1. The van der Waals surface area contributed by atoms with Gasteiger partial charge in [0.05, 0.1) is 0 Å². The Morgan fingerprint density at radius 3 is 1.30 bits per heavy atom. The van der Waals surface area contributed by atoms with Crippen molar-refractivity contribution < 1.29 is 47.9 Å². The Morgan fingerprint density at radius 2 is 0.915 bits per heavy atom. The molecular formula is C32H46F6INO5S2. The summed E-state index contributed by atoms with van der Waals surface area (Å²) in [7, 11) is -13.9. The minimum atomic E-state index is -6.96. The van der Waals surface area contributed by atoms with Crippen LogP contribution in [0, 0.1) is 7.14 Å². The Kier molecular flexibility index (Phi) is 17.8. The van der Waals surface area contributed by atoms with Crippen molar-refractivity contribution in [3.8, 4) is 5.75 Å². The van der Waals surface area contributed by atoms with E-state index in [0.29, 0.717) is 6.61 Å². The second-order valence-corrected chi connectivity index (χ2v) is 21.3. The third kappa shape index (κ3) is 13.3. The number of alkyl halides is 6. The van der Waals surface area contributed by atoms with Crippen LogP contribution in [0.5, 0.6) is 5.75 Å². The van der Waals surface area contributed by atoms with Crippen LogP contribution in [0.25, 0.3) is 0 Å². The van der Waals surface area contributed by atoms with Gasteiger partial charge in [0, 0.05) is 0 Å². The summed E-state index contributed by atoms with van der Waals surface area (Å²) in [5.74, 6) is 0.266. The van der Waals surface area contributed by atoms with Crippen LogP contribution in [0.1, 0.15) is 110 Å². The first kappa shape index (κ1) is 41.6. The Hall–Kier alpha value is -1.59. The molecule has 0 bridgehead atoms. The Balaban J connectivity index is 1.91. The topological polar surface area (TPSA) is 80.8 Å². The number of benzene rings is 2. The van der Waals surface area contributed by atoms with Gasteiger partial charge in [-0.05, 0) is 0 Å². The minimum absolute atomic E-state index is 0.265. The molecule has 0 saturated heterocycles. The molecule has 0 radical (unpaired) electrons. The molecule has 0 N–H and O–H groups in total. The van der Waals surface area contributed by atoms with Crippen LogP contribution in [0.2, 0.25) is 0 Å². The Morgan fingerprint density at radius 1 is 0.553 bits per heavy atom. The molecule has 0 spiro atoms. The zero-order valence-corrected chi connectivity index (χ0v) is 30.5. The van der Waals surface area contributed by atoms with Crippen LogP contribution in [-0.2, 0) is 20.0 Å². The molecule has 0 aliphatic rings. The first-order chi connectivity index (χ1) is 22.1. The molecule has 0 unspecified atom stereocenters. The number of rotatable bonds is 23. The summed E-state index contributed by atoms with van der Waals surface area (Å²) in [4.78, 5) is 0. The summed E-state index contributed by atoms with van der Waals surface area (Å²) in [6, 6.07) is 11.0. The fraction of sp³-hybridized carbons (Fsp3) is 0.625. The van der Waals surface area contributed by atoms with Crippen molar-refractivity contribution in [2.45, 2.75) is 121 Å². The summed E-state index contributed by atoms with van der Waals surface area (Å²) >= 11 is -4.69. The van der Waals surface area contributed by atoms with E-state index in [2.05, 4.69) is 6.92 Å². The molecule has 0 heterocycles. The van der Waals surface area contributed by atoms with Gasteiger partial charge in [0.25, 0.3) is 0 Å². The quantitative estimate of drug-likeness (QED) is 0.0482. The zero-order valence-electron chi connectivity index (χ0n) is 26.7. The summed E-state index contributed by atoms with van der Waals surface area (Å²) in [5, 5.41) is 0. The van der Waals surface area contributed by atoms with Gasteiger partial charge in [0.15, 0.2) is 0 Å². The molecule has 2 rings (SSSR count). The molecule has 0 aliphatic heterocycles. The van der Waals surface area contributed by atoms with E-state index < -0.39 is 53.1 Å². The molecule has 0 amide bonds. The molecule has 47 heavy (non-hydrogen) atoms. The molecule has 270 valence electrons. The van der Waals surface area contributed by atoms with Crippen molar-refractivity contribution in [2.75, 3.05) is 6.61 Å². The van der Waals surface area contributed by atoms with Crippen LogP contribution in [0.3, 0.4) is 0 Å². The first-order valence-electron chi connectivity index (χ1n) is 16.1. The molecule has 2 aromatic rings. The van der Waals surface area contributed by atoms with Crippen molar-refractivity contribution in [1.82, 2.24) is 1.92 Å². The SMILES string of the molecule is CCCCCCCCCCCCCCCCCCOc1ccc(I(c2ccccc2)N(S(=O)(=O)C(F)(F)F)S(=O)(=O)C(F)(F)F)cc1. The summed E-state index contributed by atoms with van der Waals surface area (Å²) in [5.41, 5.74) is -12.6. The number of hydrogen-bond donors (Lipinski definition) is 0. The normalized spacial score (nSPS) is 13.2. The third-order valence-corrected chi connectivity index (χ3v) is 20.0. The van der Waals surface area contributed by atoms with E-state index in [1.165, 1.54) is 107 Å². The van der Waals surface area contributed by atoms with E-state index in [-0.39, 0.29) is 12.9 Å². The Bertz CT molecular complexity index is 1330. The van der Waals surface area contributed by atoms with Gasteiger partial charge in [-0.1, -0.05) is 71.1 Å². The number of sulfonamides is 2. The average Bonchev–Trinajstić information content (AvgIpc) is 3.01. The maximum atomic E-state index is 13.6. The predicted molar refractivity (Wildman–Crippen MR) is 181 cm³/mol. The van der Waals surface area contributed by atoms with E-state index in [9.17, 15) is 43.2 Å². The van der Waals surface area contributed by atoms with Gasteiger partial charge in [-0.3, -0.25) is 0 Å². The van der Waals surface area contributed by atoms with Gasteiger partial charge in [-0.15, -0.1) is 0 Å². The number of halogens is 7. The average molecular weight is 830 g/mol. The van der Waals surface area contributed by atoms with E-state index >= 15 is 0 Å². The molecule has 0 atom stereocenters. The van der Waals surface area contributed by atoms with Crippen molar-refractivity contribution in [1.29, 1.82) is 0 Å². The standard InChI is InChI=1S/C32H46F6INO5S2/c1-2-3-4-5-6-7-8-9-10-11-12-13-14-15-16-20-27-45-30-25-23-29(24-26-30)39(28-21-18-17-19-22-28)40(46(41,42)31(33,34)35)47(43,44)32(36,37)38/h17-19,21-26H,2-16,20,27H2,1H3.